The van der Waals surface area contributed by atoms with Gasteiger partial charge < -0.3 is 4.42 Å². The van der Waals surface area contributed by atoms with Crippen molar-refractivity contribution < 1.29 is 4.42 Å². The summed E-state index contributed by atoms with van der Waals surface area (Å²) in [7, 11) is 0. The van der Waals surface area contributed by atoms with E-state index in [0.717, 1.165) is 22.3 Å². The van der Waals surface area contributed by atoms with E-state index in [0.29, 0.717) is 5.76 Å². The van der Waals surface area contributed by atoms with Crippen LogP contribution in [0.3, 0.4) is 0 Å². The lowest BCUT2D eigenvalue weighted by Gasteiger charge is -2.08. The van der Waals surface area contributed by atoms with Crippen molar-refractivity contribution in [1.82, 2.24) is 0 Å². The molecule has 0 aliphatic heterocycles. The molecule has 0 N–H and O–H groups in total. The van der Waals surface area contributed by atoms with Gasteiger partial charge in [-0.2, -0.15) is 0 Å². The second-order valence-electron chi connectivity index (χ2n) is 5.15. The average molecular weight is 288 g/mol. The molecule has 2 aromatic carbocycles. The van der Waals surface area contributed by atoms with Crippen molar-refractivity contribution in [2.75, 3.05) is 0 Å². The normalized spacial score (nSPS) is 10.2. The quantitative estimate of drug-likeness (QED) is 0.708. The standard InChI is InChI=1S/C20H16O2/c1-15-12-18(22-20(21)13-15)14-19(16-8-4-2-5-9-16)17-10-6-3-7-11-17/h2-14H,1H3. The highest BCUT2D eigenvalue weighted by atomic mass is 16.4. The van der Waals surface area contributed by atoms with Crippen molar-refractivity contribution in [3.8, 4) is 0 Å². The molecule has 0 aliphatic carbocycles. The van der Waals surface area contributed by atoms with Crippen molar-refractivity contribution in [3.05, 3.63) is 106 Å². The van der Waals surface area contributed by atoms with Gasteiger partial charge in [0, 0.05) is 6.07 Å². The van der Waals surface area contributed by atoms with E-state index in [1.54, 1.807) is 0 Å². The third-order valence-corrected chi connectivity index (χ3v) is 3.39. The molecule has 3 rings (SSSR count). The molecule has 3 aromatic rings. The molecule has 0 radical (unpaired) electrons. The van der Waals surface area contributed by atoms with Gasteiger partial charge in [-0.3, -0.25) is 0 Å². The molecule has 1 heterocycles. The molecule has 2 nitrogen and oxygen atoms in total. The van der Waals surface area contributed by atoms with Crippen LogP contribution in [0.2, 0.25) is 0 Å². The lowest BCUT2D eigenvalue weighted by atomic mass is 9.97. The summed E-state index contributed by atoms with van der Waals surface area (Å²) in [6.07, 6.45) is 1.92. The predicted octanol–water partition coefficient (Wildman–Crippen LogP) is 4.54. The average Bonchev–Trinajstić information content (AvgIpc) is 2.53. The molecule has 0 spiro atoms. The van der Waals surface area contributed by atoms with Gasteiger partial charge in [0.15, 0.2) is 0 Å². The largest absolute Gasteiger partial charge is 0.423 e. The molecular formula is C20H16O2. The van der Waals surface area contributed by atoms with E-state index in [-0.39, 0.29) is 5.63 Å². The van der Waals surface area contributed by atoms with Crippen LogP contribution in [0.4, 0.5) is 0 Å². The summed E-state index contributed by atoms with van der Waals surface area (Å²) in [6.45, 7) is 1.89. The number of aryl methyl sites for hydroxylation is 1. The van der Waals surface area contributed by atoms with Gasteiger partial charge in [0.05, 0.1) is 0 Å². The van der Waals surface area contributed by atoms with Gasteiger partial charge >= 0.3 is 5.63 Å². The van der Waals surface area contributed by atoms with E-state index >= 15 is 0 Å². The Bertz CT molecular complexity index is 802. The monoisotopic (exact) mass is 288 g/mol. The molecule has 0 amide bonds. The Morgan fingerprint density at radius 1 is 0.864 bits per heavy atom. The van der Waals surface area contributed by atoms with Crippen LogP contribution in [0.5, 0.6) is 0 Å². The summed E-state index contributed by atoms with van der Waals surface area (Å²) in [5.41, 5.74) is 3.75. The van der Waals surface area contributed by atoms with E-state index in [1.165, 1.54) is 6.07 Å². The second kappa shape index (κ2) is 6.27. The fourth-order valence-electron chi connectivity index (χ4n) is 2.41. The maximum atomic E-state index is 11.6. The van der Waals surface area contributed by atoms with Crippen molar-refractivity contribution in [2.24, 2.45) is 0 Å². The molecular weight excluding hydrogens is 272 g/mol. The number of hydrogen-bond donors (Lipinski definition) is 0. The lowest BCUT2D eigenvalue weighted by molar-refractivity contribution is 0.500. The first-order valence-corrected chi connectivity index (χ1v) is 7.17. The summed E-state index contributed by atoms with van der Waals surface area (Å²) in [5, 5.41) is 0. The van der Waals surface area contributed by atoms with E-state index in [2.05, 4.69) is 0 Å². The molecule has 0 aliphatic rings. The minimum Gasteiger partial charge on any atom is -0.423 e. The van der Waals surface area contributed by atoms with Crippen LogP contribution in [-0.4, -0.2) is 0 Å². The minimum atomic E-state index is -0.327. The van der Waals surface area contributed by atoms with Gasteiger partial charge in [-0.15, -0.1) is 0 Å². The number of benzene rings is 2. The molecule has 0 atom stereocenters. The van der Waals surface area contributed by atoms with Crippen molar-refractivity contribution in [2.45, 2.75) is 6.92 Å². The van der Waals surface area contributed by atoms with Gasteiger partial charge in [0.1, 0.15) is 5.76 Å². The molecule has 0 saturated heterocycles. The summed E-state index contributed by atoms with van der Waals surface area (Å²) in [4.78, 5) is 11.6. The highest BCUT2D eigenvalue weighted by molar-refractivity contribution is 5.90. The topological polar surface area (TPSA) is 30.2 Å². The fourth-order valence-corrected chi connectivity index (χ4v) is 2.41. The molecule has 2 heteroatoms. The maximum absolute atomic E-state index is 11.6. The minimum absolute atomic E-state index is 0.327. The van der Waals surface area contributed by atoms with Crippen molar-refractivity contribution >= 4 is 11.6 Å². The zero-order valence-electron chi connectivity index (χ0n) is 12.3. The van der Waals surface area contributed by atoms with E-state index < -0.39 is 0 Å². The van der Waals surface area contributed by atoms with Gasteiger partial charge in [0.25, 0.3) is 0 Å². The summed E-state index contributed by atoms with van der Waals surface area (Å²) >= 11 is 0. The highest BCUT2D eigenvalue weighted by Crippen LogP contribution is 2.25. The second-order valence-corrected chi connectivity index (χ2v) is 5.15. The number of hydrogen-bond acceptors (Lipinski definition) is 2. The summed E-state index contributed by atoms with van der Waals surface area (Å²) < 4.78 is 5.30. The van der Waals surface area contributed by atoms with Crippen LogP contribution in [0.25, 0.3) is 11.6 Å². The van der Waals surface area contributed by atoms with E-state index in [4.69, 9.17) is 4.42 Å². The third kappa shape index (κ3) is 3.23. The Morgan fingerprint density at radius 3 is 1.91 bits per heavy atom. The van der Waals surface area contributed by atoms with Crippen LogP contribution in [0.1, 0.15) is 22.5 Å². The maximum Gasteiger partial charge on any atom is 0.336 e. The molecule has 108 valence electrons. The zero-order chi connectivity index (χ0) is 15.4. The van der Waals surface area contributed by atoms with Gasteiger partial charge in [-0.05, 0) is 41.3 Å². The molecule has 1 aromatic heterocycles. The van der Waals surface area contributed by atoms with E-state index in [9.17, 15) is 4.79 Å². The van der Waals surface area contributed by atoms with Crippen LogP contribution in [0, 0.1) is 6.92 Å². The summed E-state index contributed by atoms with van der Waals surface area (Å²) in [5.74, 6) is 0.563. The predicted molar refractivity (Wildman–Crippen MR) is 89.6 cm³/mol. The van der Waals surface area contributed by atoms with Crippen molar-refractivity contribution in [3.63, 3.8) is 0 Å². The molecule has 0 bridgehead atoms. The Labute approximate surface area is 129 Å². The first kappa shape index (κ1) is 14.1. The van der Waals surface area contributed by atoms with Crippen LogP contribution >= 0.6 is 0 Å². The first-order chi connectivity index (χ1) is 10.7. The van der Waals surface area contributed by atoms with Gasteiger partial charge in [-0.1, -0.05) is 60.7 Å². The van der Waals surface area contributed by atoms with E-state index in [1.807, 2.05) is 79.7 Å². The molecule has 22 heavy (non-hydrogen) atoms. The summed E-state index contributed by atoms with van der Waals surface area (Å²) in [6, 6.07) is 23.5. The fraction of sp³-hybridized carbons (Fsp3) is 0.0500. The molecule has 0 fully saturated rings. The van der Waals surface area contributed by atoms with Crippen LogP contribution < -0.4 is 5.63 Å². The number of rotatable bonds is 3. The highest BCUT2D eigenvalue weighted by Gasteiger charge is 2.06. The first-order valence-electron chi connectivity index (χ1n) is 7.17. The van der Waals surface area contributed by atoms with Crippen LogP contribution in [-0.2, 0) is 0 Å². The Hall–Kier alpha value is -2.87. The van der Waals surface area contributed by atoms with Crippen LogP contribution in [0.15, 0.2) is 82.0 Å². The van der Waals surface area contributed by atoms with Crippen molar-refractivity contribution in [1.29, 1.82) is 0 Å². The Kier molecular flexibility index (Phi) is 4.01. The smallest absolute Gasteiger partial charge is 0.336 e. The lowest BCUT2D eigenvalue weighted by Crippen LogP contribution is -1.98. The SMILES string of the molecule is Cc1cc(C=C(c2ccccc2)c2ccccc2)oc(=O)c1. The van der Waals surface area contributed by atoms with Gasteiger partial charge in [0.2, 0.25) is 0 Å². The van der Waals surface area contributed by atoms with Gasteiger partial charge in [-0.25, -0.2) is 4.79 Å². The Balaban J connectivity index is 2.17. The zero-order valence-corrected chi connectivity index (χ0v) is 12.3. The molecule has 0 saturated carbocycles. The Morgan fingerprint density at radius 2 is 1.41 bits per heavy atom. The third-order valence-electron chi connectivity index (χ3n) is 3.39. The molecule has 0 unspecified atom stereocenters.